The van der Waals surface area contributed by atoms with Crippen molar-refractivity contribution < 1.29 is 38.6 Å². The minimum atomic E-state index is -1.72. The zero-order chi connectivity index (χ0) is 36.5. The molecular formula is C35H56N6O8. The lowest BCUT2D eigenvalue weighted by Crippen LogP contribution is -2.59. The number of benzene rings is 1. The van der Waals surface area contributed by atoms with Crippen LogP contribution in [0.15, 0.2) is 30.3 Å². The Labute approximate surface area is 289 Å². The van der Waals surface area contributed by atoms with E-state index in [2.05, 4.69) is 26.6 Å². The molecule has 0 aliphatic heterocycles. The molecule has 0 saturated heterocycles. The van der Waals surface area contributed by atoms with E-state index < -0.39 is 72.4 Å². The normalized spacial score (nSPS) is 16.4. The van der Waals surface area contributed by atoms with Crippen molar-refractivity contribution in [2.24, 2.45) is 23.5 Å². The van der Waals surface area contributed by atoms with Crippen molar-refractivity contribution in [3.8, 4) is 0 Å². The van der Waals surface area contributed by atoms with E-state index in [-0.39, 0.29) is 37.2 Å². The second-order valence-electron chi connectivity index (χ2n) is 13.6. The molecule has 2 rings (SSSR count). The Morgan fingerprint density at radius 2 is 1.51 bits per heavy atom. The molecule has 1 aliphatic carbocycles. The van der Waals surface area contributed by atoms with Gasteiger partial charge in [0.05, 0.1) is 19.2 Å². The van der Waals surface area contributed by atoms with E-state index in [0.29, 0.717) is 12.0 Å². The van der Waals surface area contributed by atoms with Crippen LogP contribution in [0.2, 0.25) is 0 Å². The first-order valence-electron chi connectivity index (χ1n) is 17.4. The topological polar surface area (TPSA) is 218 Å². The Kier molecular flexibility index (Phi) is 17.6. The molecule has 0 bridgehead atoms. The summed E-state index contributed by atoms with van der Waals surface area (Å²) >= 11 is 0. The molecule has 0 aromatic heterocycles. The number of aliphatic hydroxyl groups is 1. The summed E-state index contributed by atoms with van der Waals surface area (Å²) in [6, 6.07) is 4.30. The summed E-state index contributed by atoms with van der Waals surface area (Å²) < 4.78 is 5.28. The Hall–Kier alpha value is -4.20. The molecule has 1 saturated carbocycles. The second kappa shape index (κ2) is 21.0. The van der Waals surface area contributed by atoms with Crippen molar-refractivity contribution in [1.29, 1.82) is 0 Å². The number of carbonyl (C=O) groups is 6. The summed E-state index contributed by atoms with van der Waals surface area (Å²) in [5.74, 6) is -3.52. The van der Waals surface area contributed by atoms with Crippen LogP contribution in [0.4, 0.5) is 4.79 Å². The smallest absolute Gasteiger partial charge is 0.407 e. The highest BCUT2D eigenvalue weighted by atomic mass is 16.5. The summed E-state index contributed by atoms with van der Waals surface area (Å²) in [7, 11) is 0. The molecular weight excluding hydrogens is 632 g/mol. The second-order valence-corrected chi connectivity index (χ2v) is 13.6. The zero-order valence-corrected chi connectivity index (χ0v) is 29.5. The summed E-state index contributed by atoms with van der Waals surface area (Å²) in [6.07, 6.45) is 2.95. The third-order valence-electron chi connectivity index (χ3n) is 8.29. The third kappa shape index (κ3) is 14.4. The van der Waals surface area contributed by atoms with Crippen LogP contribution in [0.1, 0.15) is 97.6 Å². The minimum absolute atomic E-state index is 0.00961. The Bertz CT molecular complexity index is 1240. The first kappa shape index (κ1) is 41.0. The molecule has 8 N–H and O–H groups in total. The van der Waals surface area contributed by atoms with Gasteiger partial charge in [0.25, 0.3) is 5.91 Å². The number of aliphatic hydroxyl groups excluding tert-OH is 1. The van der Waals surface area contributed by atoms with Crippen molar-refractivity contribution in [2.45, 2.75) is 116 Å². The van der Waals surface area contributed by atoms with Gasteiger partial charge in [0.15, 0.2) is 6.10 Å². The first-order chi connectivity index (χ1) is 23.2. The van der Waals surface area contributed by atoms with Crippen molar-refractivity contribution in [3.05, 3.63) is 35.9 Å². The lowest BCUT2D eigenvalue weighted by Gasteiger charge is -2.32. The van der Waals surface area contributed by atoms with E-state index in [1.54, 1.807) is 30.3 Å². The third-order valence-corrected chi connectivity index (χ3v) is 8.29. The average Bonchev–Trinajstić information content (AvgIpc) is 3.07. The van der Waals surface area contributed by atoms with Gasteiger partial charge in [-0.1, -0.05) is 90.6 Å². The standard InChI is InChI=1S/C35H56N6O8/c1-6-13-25(30(43)34(47)37-19-27(42)40-28(31(36)44)23-14-9-7-10-15-23)38-32(45)26(18-21(2)3)39-33(46)29(24-16-11-8-12-17-24)41-35(48)49-20-22(4)5/h7,9-10,14-15,21-22,24-26,28-30,43H,6,8,11-13,16-20H2,1-5H3,(H2,36,44)(H,37,47)(H,38,45)(H,39,46)(H,40,42)(H,41,48)/t25-,26-,28-,29-,30+/m0/s1. The van der Waals surface area contributed by atoms with E-state index in [1.165, 1.54) is 0 Å². The summed E-state index contributed by atoms with van der Waals surface area (Å²) in [5, 5.41) is 24.0. The first-order valence-corrected chi connectivity index (χ1v) is 17.4. The molecule has 0 unspecified atom stereocenters. The molecule has 1 aromatic carbocycles. The van der Waals surface area contributed by atoms with Gasteiger partial charge in [0.2, 0.25) is 23.6 Å². The van der Waals surface area contributed by atoms with Gasteiger partial charge in [-0.25, -0.2) is 4.79 Å². The van der Waals surface area contributed by atoms with Gasteiger partial charge < -0.3 is 42.2 Å². The lowest BCUT2D eigenvalue weighted by molar-refractivity contribution is -0.136. The van der Waals surface area contributed by atoms with E-state index in [1.807, 2.05) is 34.6 Å². The predicted octanol–water partition coefficient (Wildman–Crippen LogP) is 1.95. The fraction of sp³-hybridized carbons (Fsp3) is 0.657. The number of nitrogens with two attached hydrogens (primary N) is 1. The van der Waals surface area contributed by atoms with Crippen molar-refractivity contribution in [3.63, 3.8) is 0 Å². The van der Waals surface area contributed by atoms with Gasteiger partial charge >= 0.3 is 6.09 Å². The van der Waals surface area contributed by atoms with E-state index in [0.717, 1.165) is 32.1 Å². The van der Waals surface area contributed by atoms with E-state index >= 15 is 0 Å². The molecule has 5 atom stereocenters. The maximum absolute atomic E-state index is 13.7. The minimum Gasteiger partial charge on any atom is -0.449 e. The number of carbonyl (C=O) groups excluding carboxylic acids is 6. The van der Waals surface area contributed by atoms with Gasteiger partial charge in [-0.2, -0.15) is 0 Å². The Balaban J connectivity index is 2.10. The van der Waals surface area contributed by atoms with Crippen LogP contribution in [-0.2, 0) is 28.7 Å². The van der Waals surface area contributed by atoms with Gasteiger partial charge in [-0.05, 0) is 49.0 Å². The highest BCUT2D eigenvalue weighted by Crippen LogP contribution is 2.27. The fourth-order valence-corrected chi connectivity index (χ4v) is 5.77. The van der Waals surface area contributed by atoms with Crippen LogP contribution in [0.3, 0.4) is 0 Å². The Morgan fingerprint density at radius 1 is 0.857 bits per heavy atom. The molecule has 274 valence electrons. The molecule has 0 heterocycles. The molecule has 14 nitrogen and oxygen atoms in total. The van der Waals surface area contributed by atoms with Gasteiger partial charge in [0, 0.05) is 0 Å². The number of nitrogens with one attached hydrogen (secondary N) is 5. The van der Waals surface area contributed by atoms with Crippen LogP contribution in [-0.4, -0.2) is 78.1 Å². The fourth-order valence-electron chi connectivity index (χ4n) is 5.77. The predicted molar refractivity (Wildman–Crippen MR) is 183 cm³/mol. The summed E-state index contributed by atoms with van der Waals surface area (Å²) in [6.45, 7) is 9.06. The van der Waals surface area contributed by atoms with Crippen LogP contribution >= 0.6 is 0 Å². The number of primary amides is 1. The number of alkyl carbamates (subject to hydrolysis) is 1. The molecule has 49 heavy (non-hydrogen) atoms. The monoisotopic (exact) mass is 688 g/mol. The maximum atomic E-state index is 13.7. The molecule has 1 aliphatic rings. The van der Waals surface area contributed by atoms with E-state index in [9.17, 15) is 33.9 Å². The lowest BCUT2D eigenvalue weighted by atomic mass is 9.83. The van der Waals surface area contributed by atoms with Gasteiger partial charge in [-0.3, -0.25) is 24.0 Å². The van der Waals surface area contributed by atoms with Crippen LogP contribution < -0.4 is 32.3 Å². The summed E-state index contributed by atoms with van der Waals surface area (Å²) in [4.78, 5) is 77.3. The summed E-state index contributed by atoms with van der Waals surface area (Å²) in [5.41, 5.74) is 5.92. The number of amides is 6. The van der Waals surface area contributed by atoms with Crippen LogP contribution in [0.5, 0.6) is 0 Å². The molecule has 0 radical (unpaired) electrons. The zero-order valence-electron chi connectivity index (χ0n) is 29.5. The van der Waals surface area contributed by atoms with Gasteiger partial charge in [0.1, 0.15) is 18.1 Å². The van der Waals surface area contributed by atoms with Crippen LogP contribution in [0, 0.1) is 17.8 Å². The SMILES string of the molecule is CCC[C@H](NC(=O)[C@H](CC(C)C)NC(=O)[C@@H](NC(=O)OCC(C)C)C1CCCCC1)[C@@H](O)C(=O)NCC(=O)N[C@H](C(N)=O)c1ccccc1. The van der Waals surface area contributed by atoms with Crippen molar-refractivity contribution >= 4 is 35.6 Å². The number of hydrogen-bond donors (Lipinski definition) is 7. The average molecular weight is 689 g/mol. The van der Waals surface area contributed by atoms with Crippen molar-refractivity contribution in [2.75, 3.05) is 13.2 Å². The quantitative estimate of drug-likeness (QED) is 0.114. The van der Waals surface area contributed by atoms with Crippen molar-refractivity contribution in [1.82, 2.24) is 26.6 Å². The highest BCUT2D eigenvalue weighted by Gasteiger charge is 2.35. The molecule has 6 amide bonds. The number of ether oxygens (including phenoxy) is 1. The number of hydrogen-bond acceptors (Lipinski definition) is 8. The largest absolute Gasteiger partial charge is 0.449 e. The molecule has 14 heteroatoms. The number of rotatable bonds is 19. The van der Waals surface area contributed by atoms with Crippen LogP contribution in [0.25, 0.3) is 0 Å². The Morgan fingerprint density at radius 3 is 2.08 bits per heavy atom. The molecule has 1 aromatic rings. The highest BCUT2D eigenvalue weighted by molar-refractivity contribution is 5.93. The molecule has 1 fully saturated rings. The van der Waals surface area contributed by atoms with Gasteiger partial charge in [-0.15, -0.1) is 0 Å². The maximum Gasteiger partial charge on any atom is 0.407 e. The van der Waals surface area contributed by atoms with E-state index in [4.69, 9.17) is 10.5 Å². The molecule has 0 spiro atoms.